The maximum atomic E-state index is 3.61. The Morgan fingerprint density at radius 2 is 1.90 bits per heavy atom. The van der Waals surface area contributed by atoms with Crippen LogP contribution in [0.5, 0.6) is 0 Å². The fraction of sp³-hybridized carbons (Fsp3) is 0.333. The Balaban J connectivity index is 1.61. The molecule has 0 aromatic heterocycles. The standard InChI is InChI=1S/C18H20BrN/c1-13(15-7-9-18(19)10-8-15)20-12-14-3-2-4-17(11-14)16-5-6-16/h2-4,7-11,13,16,20H,5-6,12H2,1H3/t13-/m0/s1. The van der Waals surface area contributed by atoms with Gasteiger partial charge in [-0.1, -0.05) is 52.3 Å². The summed E-state index contributed by atoms with van der Waals surface area (Å²) in [4.78, 5) is 0. The maximum Gasteiger partial charge on any atom is 0.0294 e. The molecule has 0 amide bonds. The van der Waals surface area contributed by atoms with Crippen molar-refractivity contribution >= 4 is 15.9 Å². The van der Waals surface area contributed by atoms with Crippen molar-refractivity contribution in [3.63, 3.8) is 0 Å². The van der Waals surface area contributed by atoms with Crippen molar-refractivity contribution in [3.05, 3.63) is 69.7 Å². The predicted octanol–water partition coefficient (Wildman–Crippen LogP) is 5.18. The molecule has 0 heterocycles. The van der Waals surface area contributed by atoms with E-state index in [1.807, 2.05) is 0 Å². The molecule has 1 N–H and O–H groups in total. The summed E-state index contributed by atoms with van der Waals surface area (Å²) in [6.07, 6.45) is 2.73. The van der Waals surface area contributed by atoms with E-state index in [0.717, 1.165) is 16.9 Å². The molecule has 1 saturated carbocycles. The normalized spacial score (nSPS) is 16.1. The first kappa shape index (κ1) is 13.8. The third-order valence-corrected chi connectivity index (χ3v) is 4.51. The van der Waals surface area contributed by atoms with Crippen molar-refractivity contribution in [2.45, 2.75) is 38.3 Å². The Morgan fingerprint density at radius 1 is 1.15 bits per heavy atom. The van der Waals surface area contributed by atoms with Crippen LogP contribution in [-0.2, 0) is 6.54 Å². The SMILES string of the molecule is C[C@H](NCc1cccc(C2CC2)c1)c1ccc(Br)cc1. The average molecular weight is 330 g/mol. The number of hydrogen-bond donors (Lipinski definition) is 1. The van der Waals surface area contributed by atoms with Crippen LogP contribution in [0.4, 0.5) is 0 Å². The van der Waals surface area contributed by atoms with Gasteiger partial charge < -0.3 is 5.32 Å². The van der Waals surface area contributed by atoms with E-state index in [0.29, 0.717) is 6.04 Å². The number of benzene rings is 2. The van der Waals surface area contributed by atoms with Crippen LogP contribution in [0.2, 0.25) is 0 Å². The van der Waals surface area contributed by atoms with E-state index in [9.17, 15) is 0 Å². The maximum absolute atomic E-state index is 3.61. The van der Waals surface area contributed by atoms with Gasteiger partial charge in [0.15, 0.2) is 0 Å². The Kier molecular flexibility index (Phi) is 4.23. The van der Waals surface area contributed by atoms with Crippen molar-refractivity contribution in [1.29, 1.82) is 0 Å². The molecule has 0 unspecified atom stereocenters. The van der Waals surface area contributed by atoms with Gasteiger partial charge >= 0.3 is 0 Å². The number of rotatable bonds is 5. The zero-order chi connectivity index (χ0) is 13.9. The van der Waals surface area contributed by atoms with Crippen LogP contribution >= 0.6 is 15.9 Å². The summed E-state index contributed by atoms with van der Waals surface area (Å²) in [6, 6.07) is 17.9. The lowest BCUT2D eigenvalue weighted by Gasteiger charge is -2.15. The first-order valence-corrected chi connectivity index (χ1v) is 8.09. The molecular weight excluding hydrogens is 310 g/mol. The van der Waals surface area contributed by atoms with Gasteiger partial charge in [-0.2, -0.15) is 0 Å². The van der Waals surface area contributed by atoms with E-state index >= 15 is 0 Å². The minimum Gasteiger partial charge on any atom is -0.306 e. The summed E-state index contributed by atoms with van der Waals surface area (Å²) in [5.41, 5.74) is 4.23. The third kappa shape index (κ3) is 3.50. The highest BCUT2D eigenvalue weighted by Gasteiger charge is 2.23. The van der Waals surface area contributed by atoms with Crippen LogP contribution in [0.3, 0.4) is 0 Å². The fourth-order valence-electron chi connectivity index (χ4n) is 2.51. The quantitative estimate of drug-likeness (QED) is 0.797. The molecule has 0 aliphatic heterocycles. The van der Waals surface area contributed by atoms with E-state index in [2.05, 4.69) is 76.7 Å². The van der Waals surface area contributed by atoms with Crippen molar-refractivity contribution in [1.82, 2.24) is 5.32 Å². The molecule has 0 radical (unpaired) electrons. The number of hydrogen-bond acceptors (Lipinski definition) is 1. The highest BCUT2D eigenvalue weighted by Crippen LogP contribution is 2.40. The predicted molar refractivity (Wildman–Crippen MR) is 87.8 cm³/mol. The van der Waals surface area contributed by atoms with Crippen LogP contribution in [0.25, 0.3) is 0 Å². The summed E-state index contributed by atoms with van der Waals surface area (Å²) in [7, 11) is 0. The topological polar surface area (TPSA) is 12.0 Å². The van der Waals surface area contributed by atoms with Crippen molar-refractivity contribution in [2.75, 3.05) is 0 Å². The number of nitrogens with one attached hydrogen (secondary N) is 1. The van der Waals surface area contributed by atoms with Crippen LogP contribution in [0.15, 0.2) is 53.0 Å². The van der Waals surface area contributed by atoms with Gasteiger partial charge in [0.25, 0.3) is 0 Å². The van der Waals surface area contributed by atoms with Crippen molar-refractivity contribution in [2.24, 2.45) is 0 Å². The molecule has 1 nitrogen and oxygen atoms in total. The molecule has 1 atom stereocenters. The van der Waals surface area contributed by atoms with E-state index < -0.39 is 0 Å². The molecule has 1 fully saturated rings. The van der Waals surface area contributed by atoms with Gasteiger partial charge in [-0.15, -0.1) is 0 Å². The molecule has 20 heavy (non-hydrogen) atoms. The molecule has 2 heteroatoms. The second-order valence-electron chi connectivity index (χ2n) is 5.67. The molecule has 2 aromatic carbocycles. The van der Waals surface area contributed by atoms with E-state index in [4.69, 9.17) is 0 Å². The monoisotopic (exact) mass is 329 g/mol. The van der Waals surface area contributed by atoms with Crippen LogP contribution in [0, 0.1) is 0 Å². The van der Waals surface area contributed by atoms with E-state index in [1.54, 1.807) is 0 Å². The lowest BCUT2D eigenvalue weighted by molar-refractivity contribution is 0.574. The molecule has 1 aliphatic carbocycles. The molecule has 3 rings (SSSR count). The van der Waals surface area contributed by atoms with Gasteiger partial charge in [0, 0.05) is 17.1 Å². The Morgan fingerprint density at radius 3 is 2.60 bits per heavy atom. The summed E-state index contributed by atoms with van der Waals surface area (Å²) in [6.45, 7) is 3.14. The second-order valence-corrected chi connectivity index (χ2v) is 6.59. The largest absolute Gasteiger partial charge is 0.306 e. The zero-order valence-corrected chi connectivity index (χ0v) is 13.4. The Bertz CT molecular complexity index is 572. The zero-order valence-electron chi connectivity index (χ0n) is 11.8. The van der Waals surface area contributed by atoms with E-state index in [-0.39, 0.29) is 0 Å². The Hall–Kier alpha value is -1.12. The minimum absolute atomic E-state index is 0.368. The molecule has 1 aliphatic rings. The third-order valence-electron chi connectivity index (χ3n) is 3.98. The first-order valence-electron chi connectivity index (χ1n) is 7.30. The van der Waals surface area contributed by atoms with Crippen LogP contribution in [0.1, 0.15) is 48.4 Å². The summed E-state index contributed by atoms with van der Waals surface area (Å²) in [5.74, 6) is 0.832. The Labute approximate surface area is 129 Å². The molecule has 2 aromatic rings. The van der Waals surface area contributed by atoms with Gasteiger partial charge in [0.1, 0.15) is 0 Å². The van der Waals surface area contributed by atoms with Crippen molar-refractivity contribution in [3.8, 4) is 0 Å². The van der Waals surface area contributed by atoms with Crippen LogP contribution < -0.4 is 5.32 Å². The summed E-state index contributed by atoms with van der Waals surface area (Å²) >= 11 is 3.48. The lowest BCUT2D eigenvalue weighted by Crippen LogP contribution is -2.18. The highest BCUT2D eigenvalue weighted by molar-refractivity contribution is 9.10. The minimum atomic E-state index is 0.368. The smallest absolute Gasteiger partial charge is 0.0294 e. The van der Waals surface area contributed by atoms with E-state index in [1.165, 1.54) is 29.5 Å². The molecular formula is C18H20BrN. The van der Waals surface area contributed by atoms with Gasteiger partial charge in [-0.3, -0.25) is 0 Å². The summed E-state index contributed by atoms with van der Waals surface area (Å²) in [5, 5.41) is 3.61. The molecule has 104 valence electrons. The molecule has 0 bridgehead atoms. The molecule has 0 spiro atoms. The average Bonchev–Trinajstić information content (AvgIpc) is 3.30. The van der Waals surface area contributed by atoms with Gasteiger partial charge in [-0.25, -0.2) is 0 Å². The van der Waals surface area contributed by atoms with Gasteiger partial charge in [-0.05, 0) is 54.5 Å². The molecule has 0 saturated heterocycles. The highest BCUT2D eigenvalue weighted by atomic mass is 79.9. The fourth-order valence-corrected chi connectivity index (χ4v) is 2.78. The van der Waals surface area contributed by atoms with Gasteiger partial charge in [0.05, 0.1) is 0 Å². The first-order chi connectivity index (χ1) is 9.72. The summed E-state index contributed by atoms with van der Waals surface area (Å²) < 4.78 is 1.13. The lowest BCUT2D eigenvalue weighted by atomic mass is 10.1. The number of halogens is 1. The second kappa shape index (κ2) is 6.11. The van der Waals surface area contributed by atoms with Crippen molar-refractivity contribution < 1.29 is 0 Å². The van der Waals surface area contributed by atoms with Crippen LogP contribution in [-0.4, -0.2) is 0 Å². The van der Waals surface area contributed by atoms with Gasteiger partial charge in [0.2, 0.25) is 0 Å².